The van der Waals surface area contributed by atoms with Gasteiger partial charge in [0.05, 0.1) is 7.11 Å². The summed E-state index contributed by atoms with van der Waals surface area (Å²) in [6.07, 6.45) is -0.603. The highest BCUT2D eigenvalue weighted by Gasteiger charge is 2.32. The maximum atomic E-state index is 9.29. The van der Waals surface area contributed by atoms with Crippen LogP contribution < -0.4 is 4.74 Å². The van der Waals surface area contributed by atoms with E-state index in [1.807, 2.05) is 54.6 Å². The van der Waals surface area contributed by atoms with E-state index in [9.17, 15) is 5.26 Å². The first-order valence-electron chi connectivity index (χ1n) is 6.65. The molecule has 2 aromatic carbocycles. The van der Waals surface area contributed by atoms with Crippen LogP contribution in [0.5, 0.6) is 5.75 Å². The van der Waals surface area contributed by atoms with E-state index in [1.54, 1.807) is 7.11 Å². The minimum absolute atomic E-state index is 0.309. The second-order valence-corrected chi connectivity index (χ2v) is 4.69. The van der Waals surface area contributed by atoms with Crippen LogP contribution in [0.25, 0.3) is 0 Å². The zero-order valence-corrected chi connectivity index (χ0v) is 11.6. The van der Waals surface area contributed by atoms with Crippen LogP contribution in [0, 0.1) is 11.3 Å². The van der Waals surface area contributed by atoms with Crippen LogP contribution in [0.1, 0.15) is 17.2 Å². The van der Waals surface area contributed by atoms with Gasteiger partial charge in [0.15, 0.2) is 0 Å². The predicted octanol–water partition coefficient (Wildman–Crippen LogP) is 3.11. The number of aliphatic imine (C=N–C) groups is 1. The Morgan fingerprint density at radius 1 is 1.10 bits per heavy atom. The van der Waals surface area contributed by atoms with Gasteiger partial charge in [-0.15, -0.1) is 0 Å². The number of nitriles is 1. The van der Waals surface area contributed by atoms with Crippen molar-refractivity contribution in [3.05, 3.63) is 65.7 Å². The number of nitrogens with zero attached hydrogens (tertiary/aromatic N) is 2. The second-order valence-electron chi connectivity index (χ2n) is 4.69. The number of hydrogen-bond donors (Lipinski definition) is 0. The number of ether oxygens (including phenoxy) is 2. The molecule has 4 heteroatoms. The van der Waals surface area contributed by atoms with E-state index >= 15 is 0 Å². The lowest BCUT2D eigenvalue weighted by Gasteiger charge is -2.11. The van der Waals surface area contributed by atoms with Crippen molar-refractivity contribution in [1.29, 1.82) is 5.26 Å². The van der Waals surface area contributed by atoms with Gasteiger partial charge in [0, 0.05) is 5.56 Å². The fraction of sp³-hybridized carbons (Fsp3) is 0.176. The van der Waals surface area contributed by atoms with Crippen LogP contribution in [-0.4, -0.2) is 19.1 Å². The molecule has 1 aliphatic rings. The third kappa shape index (κ3) is 2.59. The van der Waals surface area contributed by atoms with Crippen molar-refractivity contribution >= 4 is 5.90 Å². The molecule has 0 radical (unpaired) electrons. The molecule has 0 spiro atoms. The summed E-state index contributed by atoms with van der Waals surface area (Å²) in [6.45, 7) is 0. The zero-order chi connectivity index (χ0) is 14.7. The highest BCUT2D eigenvalue weighted by molar-refractivity contribution is 5.95. The Morgan fingerprint density at radius 3 is 2.43 bits per heavy atom. The van der Waals surface area contributed by atoms with E-state index in [0.29, 0.717) is 5.90 Å². The average Bonchev–Trinajstić information content (AvgIpc) is 3.00. The maximum absolute atomic E-state index is 9.29. The molecule has 0 unspecified atom stereocenters. The summed E-state index contributed by atoms with van der Waals surface area (Å²) in [5.41, 5.74) is 1.82. The first-order valence-corrected chi connectivity index (χ1v) is 6.65. The standard InChI is InChI=1S/C17H14N2O2/c1-20-14-9-7-12(8-10-14)16-15(11-18)21-17(19-16)13-5-3-2-4-6-13/h2-10,15-16H,1H3/t15-,16+/m0/s1. The molecule has 2 atom stereocenters. The quantitative estimate of drug-likeness (QED) is 0.866. The summed E-state index contributed by atoms with van der Waals surface area (Å²) in [5.74, 6) is 1.29. The van der Waals surface area contributed by atoms with Gasteiger partial charge in [-0.3, -0.25) is 0 Å². The Morgan fingerprint density at radius 2 is 1.81 bits per heavy atom. The summed E-state index contributed by atoms with van der Waals surface area (Å²) < 4.78 is 10.8. The number of benzene rings is 2. The van der Waals surface area contributed by atoms with Crippen LogP contribution in [0.2, 0.25) is 0 Å². The Hall–Kier alpha value is -2.80. The van der Waals surface area contributed by atoms with Crippen molar-refractivity contribution < 1.29 is 9.47 Å². The van der Waals surface area contributed by atoms with Gasteiger partial charge in [0.25, 0.3) is 0 Å². The summed E-state index contributed by atoms with van der Waals surface area (Å²) in [4.78, 5) is 4.57. The first kappa shape index (κ1) is 13.2. The average molecular weight is 278 g/mol. The highest BCUT2D eigenvalue weighted by Crippen LogP contribution is 2.31. The molecule has 1 aliphatic heterocycles. The molecule has 0 N–H and O–H groups in total. The smallest absolute Gasteiger partial charge is 0.218 e. The molecule has 0 amide bonds. The van der Waals surface area contributed by atoms with Gasteiger partial charge >= 0.3 is 0 Å². The third-order valence-corrected chi connectivity index (χ3v) is 3.39. The van der Waals surface area contributed by atoms with Crippen molar-refractivity contribution in [1.82, 2.24) is 0 Å². The van der Waals surface area contributed by atoms with Crippen LogP contribution in [-0.2, 0) is 4.74 Å². The first-order chi connectivity index (χ1) is 10.3. The molecule has 0 aromatic heterocycles. The Balaban J connectivity index is 1.92. The van der Waals surface area contributed by atoms with E-state index < -0.39 is 6.10 Å². The zero-order valence-electron chi connectivity index (χ0n) is 11.6. The largest absolute Gasteiger partial charge is 0.497 e. The molecule has 0 aliphatic carbocycles. The van der Waals surface area contributed by atoms with Gasteiger partial charge in [0.2, 0.25) is 12.0 Å². The SMILES string of the molecule is COc1ccc([C@H]2N=C(c3ccccc3)O[C@H]2C#N)cc1. The molecule has 0 fully saturated rings. The van der Waals surface area contributed by atoms with Gasteiger partial charge in [0.1, 0.15) is 17.9 Å². The second kappa shape index (κ2) is 5.68. The molecular formula is C17H14N2O2. The molecule has 1 heterocycles. The van der Waals surface area contributed by atoms with Crippen molar-refractivity contribution in [3.8, 4) is 11.8 Å². The van der Waals surface area contributed by atoms with Gasteiger partial charge in [-0.05, 0) is 29.8 Å². The monoisotopic (exact) mass is 278 g/mol. The lowest BCUT2D eigenvalue weighted by molar-refractivity contribution is 0.250. The van der Waals surface area contributed by atoms with E-state index in [-0.39, 0.29) is 6.04 Å². The topological polar surface area (TPSA) is 54.6 Å². The van der Waals surface area contributed by atoms with Gasteiger partial charge < -0.3 is 9.47 Å². The van der Waals surface area contributed by atoms with Crippen molar-refractivity contribution in [2.24, 2.45) is 4.99 Å². The Kier molecular flexibility index (Phi) is 3.57. The molecule has 3 rings (SSSR count). The minimum atomic E-state index is -0.603. The summed E-state index contributed by atoms with van der Waals surface area (Å²) in [7, 11) is 1.62. The number of methoxy groups -OCH3 is 1. The molecule has 21 heavy (non-hydrogen) atoms. The summed E-state index contributed by atoms with van der Waals surface area (Å²) >= 11 is 0. The molecule has 4 nitrogen and oxygen atoms in total. The predicted molar refractivity (Wildman–Crippen MR) is 79.2 cm³/mol. The van der Waals surface area contributed by atoms with Crippen molar-refractivity contribution in [2.75, 3.05) is 7.11 Å². The van der Waals surface area contributed by atoms with E-state index in [1.165, 1.54) is 0 Å². The lowest BCUT2D eigenvalue weighted by Crippen LogP contribution is -2.14. The summed E-state index contributed by atoms with van der Waals surface area (Å²) in [5, 5.41) is 9.29. The fourth-order valence-electron chi connectivity index (χ4n) is 2.28. The number of hydrogen-bond acceptors (Lipinski definition) is 4. The molecule has 0 saturated carbocycles. The highest BCUT2D eigenvalue weighted by atomic mass is 16.5. The Bertz CT molecular complexity index is 687. The molecule has 2 aromatic rings. The summed E-state index contributed by atoms with van der Waals surface area (Å²) in [6, 6.07) is 19.0. The van der Waals surface area contributed by atoms with E-state index in [0.717, 1.165) is 16.9 Å². The molecular weight excluding hydrogens is 264 g/mol. The molecule has 0 bridgehead atoms. The molecule has 104 valence electrons. The van der Waals surface area contributed by atoms with Gasteiger partial charge in [-0.2, -0.15) is 5.26 Å². The molecule has 0 saturated heterocycles. The third-order valence-electron chi connectivity index (χ3n) is 3.39. The van der Waals surface area contributed by atoms with Crippen molar-refractivity contribution in [2.45, 2.75) is 12.1 Å². The van der Waals surface area contributed by atoms with E-state index in [2.05, 4.69) is 11.1 Å². The van der Waals surface area contributed by atoms with Crippen LogP contribution in [0.15, 0.2) is 59.6 Å². The van der Waals surface area contributed by atoms with Gasteiger partial charge in [-0.1, -0.05) is 30.3 Å². The van der Waals surface area contributed by atoms with Gasteiger partial charge in [-0.25, -0.2) is 4.99 Å². The maximum Gasteiger partial charge on any atom is 0.218 e. The minimum Gasteiger partial charge on any atom is -0.497 e. The van der Waals surface area contributed by atoms with Crippen LogP contribution in [0.3, 0.4) is 0 Å². The van der Waals surface area contributed by atoms with Crippen LogP contribution in [0.4, 0.5) is 0 Å². The lowest BCUT2D eigenvalue weighted by atomic mass is 10.0. The van der Waals surface area contributed by atoms with Crippen molar-refractivity contribution in [3.63, 3.8) is 0 Å². The number of rotatable bonds is 3. The fourth-order valence-corrected chi connectivity index (χ4v) is 2.28. The van der Waals surface area contributed by atoms with E-state index in [4.69, 9.17) is 9.47 Å². The Labute approximate surface area is 123 Å². The normalized spacial score (nSPS) is 20.3. The van der Waals surface area contributed by atoms with Crippen LogP contribution >= 0.6 is 0 Å².